The molecule has 5 rings (SSSR count). The van der Waals surface area contributed by atoms with Crippen LogP contribution >= 0.6 is 137 Å². The molecule has 0 unspecified atom stereocenters. The number of hydrogen-bond donors (Lipinski definition) is 1. The molecular weight excluding hydrogens is 1080 g/mol. The van der Waals surface area contributed by atoms with Crippen LogP contribution < -0.4 is 5.43 Å². The van der Waals surface area contributed by atoms with E-state index in [1.54, 1.807) is 18.2 Å². The minimum Gasteiger partial charge on any atom is -0.506 e. The lowest BCUT2D eigenvalue weighted by Crippen LogP contribution is -2.13. The van der Waals surface area contributed by atoms with Gasteiger partial charge in [0.15, 0.2) is 11.3 Å². The molecule has 5 nitrogen and oxygen atoms in total. The van der Waals surface area contributed by atoms with E-state index >= 15 is 0 Å². The van der Waals surface area contributed by atoms with E-state index in [1.165, 1.54) is 0 Å². The molecule has 1 aliphatic carbocycles. The lowest BCUT2D eigenvalue weighted by Gasteiger charge is -2.22. The predicted octanol–water partition coefficient (Wildman–Crippen LogP) is 11.3. The van der Waals surface area contributed by atoms with Crippen molar-refractivity contribution < 1.29 is 19.1 Å². The largest absolute Gasteiger partial charge is 0.506 e. The van der Waals surface area contributed by atoms with Gasteiger partial charge in [0, 0.05) is 22.1 Å². The van der Waals surface area contributed by atoms with Crippen molar-refractivity contribution in [3.8, 4) is 28.2 Å². The van der Waals surface area contributed by atoms with Gasteiger partial charge in [-0.3, -0.25) is 4.79 Å². The molecule has 2 aliphatic rings. The summed E-state index contributed by atoms with van der Waals surface area (Å²) in [6.45, 7) is 3.68. The van der Waals surface area contributed by atoms with Crippen LogP contribution in [0.15, 0.2) is 52.2 Å². The molecule has 1 heterocycles. The highest BCUT2D eigenvalue weighted by Crippen LogP contribution is 2.52. The predicted molar refractivity (Wildman–Crippen MR) is 203 cm³/mol. The van der Waals surface area contributed by atoms with E-state index in [4.69, 9.17) is 55.6 Å². The Bertz CT molecular complexity index is 1990. The van der Waals surface area contributed by atoms with Crippen molar-refractivity contribution in [2.24, 2.45) is 0 Å². The maximum atomic E-state index is 13.8. The smallest absolute Gasteiger partial charge is 0.340 e. The molecule has 13 heteroatoms. The van der Waals surface area contributed by atoms with Gasteiger partial charge in [0.1, 0.15) is 15.9 Å². The van der Waals surface area contributed by atoms with Crippen molar-refractivity contribution in [2.45, 2.75) is 6.61 Å². The van der Waals surface area contributed by atoms with Gasteiger partial charge in [-0.05, 0) is 114 Å². The summed E-state index contributed by atoms with van der Waals surface area (Å²) >= 11 is 34.4. The number of aromatic hydroxyl groups is 1. The summed E-state index contributed by atoms with van der Waals surface area (Å²) in [5, 5.41) is 10.9. The number of carbonyl (C=O) groups is 1. The molecule has 3 aromatic carbocycles. The summed E-state index contributed by atoms with van der Waals surface area (Å²) in [4.78, 5) is 26.8. The second-order valence-electron chi connectivity index (χ2n) is 8.78. The van der Waals surface area contributed by atoms with Gasteiger partial charge in [-0.1, -0.05) is 83.3 Å². The third-order valence-corrected chi connectivity index (χ3v) is 11.7. The van der Waals surface area contributed by atoms with Gasteiger partial charge in [-0.15, -0.1) is 0 Å². The van der Waals surface area contributed by atoms with Crippen LogP contribution in [0.5, 0.6) is 5.75 Å². The minimum atomic E-state index is -0.793. The Morgan fingerprint density at radius 1 is 0.905 bits per heavy atom. The molecule has 0 atom stereocenters. The van der Waals surface area contributed by atoms with Crippen molar-refractivity contribution in [1.82, 2.24) is 0 Å². The number of hydrogen-bond acceptors (Lipinski definition) is 5. The van der Waals surface area contributed by atoms with Crippen molar-refractivity contribution in [2.75, 3.05) is 0 Å². The van der Waals surface area contributed by atoms with E-state index < -0.39 is 5.97 Å². The number of phenols is 1. The van der Waals surface area contributed by atoms with Gasteiger partial charge in [-0.25, -0.2) is 4.79 Å². The number of carbonyl (C=O) groups excluding carboxylic acids is 1. The number of esters is 1. The highest BCUT2D eigenvalue weighted by Gasteiger charge is 2.33. The Kier molecular flexibility index (Phi) is 10.2. The Balaban J connectivity index is 1.86. The van der Waals surface area contributed by atoms with Gasteiger partial charge in [-0.2, -0.15) is 0 Å². The molecule has 0 aromatic heterocycles. The Hall–Kier alpha value is -0.560. The quantitative estimate of drug-likeness (QED) is 0.0624. The van der Waals surface area contributed by atoms with E-state index in [9.17, 15) is 14.7 Å². The van der Waals surface area contributed by atoms with E-state index in [-0.39, 0.29) is 60.3 Å². The molecule has 0 saturated heterocycles. The number of phenolic OH excluding ortho intramolecular Hbond substituents is 1. The highest BCUT2D eigenvalue weighted by molar-refractivity contribution is 14.1. The molecule has 0 fully saturated rings. The summed E-state index contributed by atoms with van der Waals surface area (Å²) in [5.74, 6) is -0.554. The fraction of sp³-hybridized carbons (Fsp3) is 0.0345. The van der Waals surface area contributed by atoms with Gasteiger partial charge in [0.05, 0.1) is 36.4 Å². The summed E-state index contributed by atoms with van der Waals surface area (Å²) in [6.07, 6.45) is 1.71. The molecule has 42 heavy (non-hydrogen) atoms. The summed E-state index contributed by atoms with van der Waals surface area (Å²) in [7, 11) is 0. The van der Waals surface area contributed by atoms with E-state index in [0.29, 0.717) is 30.8 Å². The van der Waals surface area contributed by atoms with E-state index in [2.05, 4.69) is 6.58 Å². The average molecular weight is 1090 g/mol. The zero-order valence-electron chi connectivity index (χ0n) is 20.6. The summed E-state index contributed by atoms with van der Waals surface area (Å²) in [6, 6.07) is 10.7. The molecule has 0 amide bonds. The van der Waals surface area contributed by atoms with Crippen LogP contribution in [0.1, 0.15) is 21.5 Å². The standard InChI is InChI=1S/C29H12Cl4I4O5/c1-2-10-3-5-11(6-4-10)9-41-29(40)18-17(19(30)21(32)22(33)20(18)31)16-12-7-14(34)25(38)23(36)27(12)42-28-13(16)8-15(35)26(39)24(28)37/h2-8,38H,1,9H2. The number of halogens is 8. The first-order valence-corrected chi connectivity index (χ1v) is 17.4. The van der Waals surface area contributed by atoms with Crippen LogP contribution in [0.2, 0.25) is 20.1 Å². The topological polar surface area (TPSA) is 76.7 Å². The van der Waals surface area contributed by atoms with Crippen LogP contribution in [0, 0.1) is 14.3 Å². The molecule has 3 aromatic rings. The van der Waals surface area contributed by atoms with Crippen LogP contribution in [0.25, 0.3) is 39.5 Å². The number of ether oxygens (including phenoxy) is 1. The van der Waals surface area contributed by atoms with Crippen molar-refractivity contribution >= 4 is 160 Å². The molecule has 1 N–H and O–H groups in total. The number of fused-ring (bicyclic) bond motifs is 2. The Labute approximate surface area is 313 Å². The summed E-state index contributed by atoms with van der Waals surface area (Å²) in [5.41, 5.74) is 2.61. The first-order chi connectivity index (χ1) is 19.9. The number of benzene rings is 4. The molecule has 1 aliphatic heterocycles. The lowest BCUT2D eigenvalue weighted by atomic mass is 9.90. The SMILES string of the molecule is C=Cc1ccc(COC(=O)c2c(Cl)c(Cl)c(Cl)c(Cl)c2-c2c3cc(I)c(=O)c(I)c-3oc3c(I)c(O)c(I)cc23)cc1. The second-order valence-corrected chi connectivity index (χ2v) is 14.8. The zero-order chi connectivity index (χ0) is 30.6. The van der Waals surface area contributed by atoms with Crippen LogP contribution in [-0.4, -0.2) is 11.1 Å². The first kappa shape index (κ1) is 32.8. The molecule has 0 bridgehead atoms. The van der Waals surface area contributed by atoms with Gasteiger partial charge in [0.2, 0.25) is 5.43 Å². The average Bonchev–Trinajstić information content (AvgIpc) is 2.98. The third-order valence-electron chi connectivity index (χ3n) is 6.33. The van der Waals surface area contributed by atoms with Crippen LogP contribution in [0.4, 0.5) is 0 Å². The Morgan fingerprint density at radius 2 is 1.55 bits per heavy atom. The van der Waals surface area contributed by atoms with Gasteiger partial charge >= 0.3 is 5.97 Å². The normalized spacial score (nSPS) is 11.3. The maximum absolute atomic E-state index is 13.8. The van der Waals surface area contributed by atoms with Crippen LogP contribution in [0.3, 0.4) is 0 Å². The molecular formula is C29H12Cl4I4O5. The minimum absolute atomic E-state index is 0.000917. The number of rotatable bonds is 5. The molecule has 214 valence electrons. The Morgan fingerprint density at radius 3 is 2.19 bits per heavy atom. The maximum Gasteiger partial charge on any atom is 0.340 e. The zero-order valence-corrected chi connectivity index (χ0v) is 32.2. The fourth-order valence-corrected chi connectivity index (χ4v) is 8.89. The van der Waals surface area contributed by atoms with Crippen LogP contribution in [-0.2, 0) is 11.3 Å². The molecule has 0 radical (unpaired) electrons. The third kappa shape index (κ3) is 5.78. The van der Waals surface area contributed by atoms with Gasteiger partial charge in [0.25, 0.3) is 0 Å². The van der Waals surface area contributed by atoms with E-state index in [0.717, 1.165) is 11.1 Å². The molecule has 0 saturated carbocycles. The highest BCUT2D eigenvalue weighted by atomic mass is 127. The van der Waals surface area contributed by atoms with Crippen molar-refractivity contribution in [3.63, 3.8) is 0 Å². The van der Waals surface area contributed by atoms with Gasteiger partial charge < -0.3 is 14.3 Å². The molecule has 0 spiro atoms. The summed E-state index contributed by atoms with van der Waals surface area (Å²) < 4.78 is 13.6. The van der Waals surface area contributed by atoms with Crippen molar-refractivity contribution in [3.05, 3.63) is 104 Å². The fourth-order valence-electron chi connectivity index (χ4n) is 4.29. The van der Waals surface area contributed by atoms with E-state index in [1.807, 2.05) is 115 Å². The lowest BCUT2D eigenvalue weighted by molar-refractivity contribution is 0.0474. The second kappa shape index (κ2) is 13.0. The monoisotopic (exact) mass is 1090 g/mol. The van der Waals surface area contributed by atoms with Crippen molar-refractivity contribution in [1.29, 1.82) is 0 Å². The first-order valence-electron chi connectivity index (χ1n) is 11.6.